The minimum absolute atomic E-state index is 0.496. The van der Waals surface area contributed by atoms with Crippen LogP contribution in [-0.2, 0) is 0 Å². The van der Waals surface area contributed by atoms with E-state index < -0.39 is 0 Å². The molecule has 5 unspecified atom stereocenters. The summed E-state index contributed by atoms with van der Waals surface area (Å²) in [6, 6.07) is 32.0. The summed E-state index contributed by atoms with van der Waals surface area (Å²) in [5.41, 5.74) is 4.67. The molecule has 5 aliphatic rings. The highest BCUT2D eigenvalue weighted by molar-refractivity contribution is 6.06. The molecule has 4 fully saturated rings. The molecule has 9 rings (SSSR count). The van der Waals surface area contributed by atoms with Gasteiger partial charge in [-0.15, -0.1) is 0 Å². The van der Waals surface area contributed by atoms with Crippen LogP contribution in [0.5, 0.6) is 0 Å². The van der Waals surface area contributed by atoms with Crippen LogP contribution in [0.3, 0.4) is 0 Å². The van der Waals surface area contributed by atoms with Crippen molar-refractivity contribution in [2.24, 2.45) is 16.8 Å². The topological polar surface area (TPSA) is 15.6 Å². The second-order valence-corrected chi connectivity index (χ2v) is 15.7. The lowest BCUT2D eigenvalue weighted by molar-refractivity contribution is 0.158. The molecule has 0 bridgehead atoms. The fourth-order valence-corrected chi connectivity index (χ4v) is 11.2. The lowest BCUT2D eigenvalue weighted by Gasteiger charge is -2.42. The van der Waals surface area contributed by atoms with Crippen LogP contribution in [0.25, 0.3) is 21.5 Å². The van der Waals surface area contributed by atoms with Gasteiger partial charge in [-0.3, -0.25) is 4.99 Å². The third kappa shape index (κ3) is 5.10. The van der Waals surface area contributed by atoms with Crippen molar-refractivity contribution in [3.8, 4) is 0 Å². The van der Waals surface area contributed by atoms with E-state index in [0.717, 1.165) is 11.8 Å². The molecule has 2 heteroatoms. The highest BCUT2D eigenvalue weighted by Crippen LogP contribution is 2.51. The fraction of sp³-hybridized carbons (Fsp3) is 0.523. The van der Waals surface area contributed by atoms with Gasteiger partial charge in [-0.05, 0) is 114 Å². The molecule has 0 spiro atoms. The van der Waals surface area contributed by atoms with Crippen LogP contribution in [0, 0.1) is 11.8 Å². The maximum Gasteiger partial charge on any atom is 0.131 e. The zero-order valence-electron chi connectivity index (χ0n) is 27.8. The zero-order valence-corrected chi connectivity index (χ0v) is 27.8. The minimum atomic E-state index is 0.496. The molecule has 0 aromatic heterocycles. The Bertz CT molecular complexity index is 1660. The SMILES string of the molecule is c1ccc(C2=NC3CCCCC3N2C2CCC(c3c4ccccc4c(C4CCC5CCCCCC5C4)c4ccccc34)CC2)cc1. The van der Waals surface area contributed by atoms with Gasteiger partial charge in [0.1, 0.15) is 5.84 Å². The van der Waals surface area contributed by atoms with Gasteiger partial charge >= 0.3 is 0 Å². The number of hydrogen-bond donors (Lipinski definition) is 0. The van der Waals surface area contributed by atoms with Crippen LogP contribution >= 0.6 is 0 Å². The number of hydrogen-bond acceptors (Lipinski definition) is 2. The number of benzene rings is 4. The molecule has 1 aliphatic heterocycles. The molecular formula is C44H52N2. The number of nitrogens with zero attached hydrogens (tertiary/aromatic N) is 2. The van der Waals surface area contributed by atoms with Crippen LogP contribution in [0.1, 0.15) is 131 Å². The summed E-state index contributed by atoms with van der Waals surface area (Å²) in [4.78, 5) is 8.25. The van der Waals surface area contributed by atoms with Crippen LogP contribution in [0.2, 0.25) is 0 Å². The summed E-state index contributed by atoms with van der Waals surface area (Å²) in [6.45, 7) is 0. The Morgan fingerprint density at radius 3 is 1.74 bits per heavy atom. The maximum atomic E-state index is 5.42. The second kappa shape index (κ2) is 12.5. The van der Waals surface area contributed by atoms with E-state index in [9.17, 15) is 0 Å². The Kier molecular flexibility index (Phi) is 7.88. The van der Waals surface area contributed by atoms with Crippen molar-refractivity contribution in [1.82, 2.24) is 4.90 Å². The summed E-state index contributed by atoms with van der Waals surface area (Å²) in [5, 5.41) is 6.25. The van der Waals surface area contributed by atoms with Gasteiger partial charge in [0.05, 0.1) is 12.1 Å². The van der Waals surface area contributed by atoms with E-state index in [1.807, 2.05) is 0 Å². The molecule has 2 nitrogen and oxygen atoms in total. The van der Waals surface area contributed by atoms with Crippen molar-refractivity contribution in [3.05, 3.63) is 95.6 Å². The molecule has 1 heterocycles. The van der Waals surface area contributed by atoms with Gasteiger partial charge in [0, 0.05) is 11.6 Å². The largest absolute Gasteiger partial charge is 0.348 e. The predicted molar refractivity (Wildman–Crippen MR) is 194 cm³/mol. The summed E-state index contributed by atoms with van der Waals surface area (Å²) < 4.78 is 0. The Morgan fingerprint density at radius 1 is 0.478 bits per heavy atom. The Balaban J connectivity index is 1.04. The molecule has 4 aliphatic carbocycles. The van der Waals surface area contributed by atoms with Gasteiger partial charge in [0.25, 0.3) is 0 Å². The van der Waals surface area contributed by atoms with Crippen molar-refractivity contribution in [1.29, 1.82) is 0 Å². The van der Waals surface area contributed by atoms with Crippen molar-refractivity contribution >= 4 is 27.4 Å². The summed E-state index contributed by atoms with van der Waals surface area (Å²) in [5.74, 6) is 4.54. The van der Waals surface area contributed by atoms with Crippen molar-refractivity contribution < 1.29 is 0 Å². The minimum Gasteiger partial charge on any atom is -0.348 e. The molecule has 0 radical (unpaired) electrons. The predicted octanol–water partition coefficient (Wildman–Crippen LogP) is 11.6. The molecule has 0 amide bonds. The molecular weight excluding hydrogens is 556 g/mol. The summed E-state index contributed by atoms with van der Waals surface area (Å²) >= 11 is 0. The molecule has 5 atom stereocenters. The van der Waals surface area contributed by atoms with E-state index in [0.29, 0.717) is 30.0 Å². The number of rotatable bonds is 4. The van der Waals surface area contributed by atoms with Crippen molar-refractivity contribution in [2.45, 2.75) is 133 Å². The van der Waals surface area contributed by atoms with E-state index in [2.05, 4.69) is 83.8 Å². The quantitative estimate of drug-likeness (QED) is 0.210. The van der Waals surface area contributed by atoms with Gasteiger partial charge in [-0.2, -0.15) is 0 Å². The second-order valence-electron chi connectivity index (χ2n) is 15.7. The van der Waals surface area contributed by atoms with E-state index in [1.165, 1.54) is 114 Å². The fourth-order valence-electron chi connectivity index (χ4n) is 11.2. The van der Waals surface area contributed by atoms with Crippen LogP contribution in [0.15, 0.2) is 83.9 Å². The average Bonchev–Trinajstić information content (AvgIpc) is 3.35. The first-order valence-electron chi connectivity index (χ1n) is 19.2. The standard InChI is InChI=1S/C44H52N2/c1-3-13-30-23-24-34(29-33(30)16-6-1)43-38-19-9-7-17-36(38)42(37-18-8-10-20-39(37)43)31-25-27-35(28-26-31)46-41-22-12-11-21-40(41)45-44(46)32-14-4-2-5-15-32/h2,4-5,7-10,14-15,17-20,30-31,33-35,40-41H,1,3,6,11-13,16,21-29H2. The molecule has 4 aromatic carbocycles. The average molecular weight is 609 g/mol. The summed E-state index contributed by atoms with van der Waals surface area (Å²) in [7, 11) is 0. The molecule has 46 heavy (non-hydrogen) atoms. The van der Waals surface area contributed by atoms with E-state index in [1.54, 1.807) is 32.7 Å². The first kappa shape index (κ1) is 29.0. The smallest absolute Gasteiger partial charge is 0.131 e. The van der Waals surface area contributed by atoms with Crippen LogP contribution in [0.4, 0.5) is 0 Å². The van der Waals surface area contributed by atoms with Gasteiger partial charge in [0.2, 0.25) is 0 Å². The maximum absolute atomic E-state index is 5.42. The Hall–Kier alpha value is -3.13. The number of fused-ring (bicyclic) bond motifs is 4. The number of aliphatic imine (C=N–C) groups is 1. The third-order valence-corrected chi connectivity index (χ3v) is 13.3. The molecule has 4 aromatic rings. The van der Waals surface area contributed by atoms with E-state index in [4.69, 9.17) is 4.99 Å². The monoisotopic (exact) mass is 608 g/mol. The zero-order chi connectivity index (χ0) is 30.5. The lowest BCUT2D eigenvalue weighted by Crippen LogP contribution is -2.48. The molecule has 0 N–H and O–H groups in total. The van der Waals surface area contributed by atoms with Crippen molar-refractivity contribution in [2.75, 3.05) is 0 Å². The molecule has 238 valence electrons. The highest BCUT2D eigenvalue weighted by Gasteiger charge is 2.43. The summed E-state index contributed by atoms with van der Waals surface area (Å²) in [6.07, 6.45) is 21.9. The lowest BCUT2D eigenvalue weighted by atomic mass is 9.68. The normalized spacial score (nSPS) is 31.7. The Labute approximate surface area is 276 Å². The van der Waals surface area contributed by atoms with Gasteiger partial charge in [-0.25, -0.2) is 0 Å². The van der Waals surface area contributed by atoms with Gasteiger partial charge in [-0.1, -0.05) is 124 Å². The Morgan fingerprint density at radius 2 is 1.04 bits per heavy atom. The van der Waals surface area contributed by atoms with E-state index >= 15 is 0 Å². The highest BCUT2D eigenvalue weighted by atomic mass is 15.3. The van der Waals surface area contributed by atoms with Crippen LogP contribution in [-0.4, -0.2) is 28.9 Å². The molecule has 4 saturated carbocycles. The third-order valence-electron chi connectivity index (χ3n) is 13.3. The van der Waals surface area contributed by atoms with Gasteiger partial charge < -0.3 is 4.90 Å². The molecule has 0 saturated heterocycles. The number of amidine groups is 1. The van der Waals surface area contributed by atoms with Crippen LogP contribution < -0.4 is 0 Å². The van der Waals surface area contributed by atoms with Gasteiger partial charge in [0.15, 0.2) is 0 Å². The van der Waals surface area contributed by atoms with E-state index in [-0.39, 0.29) is 0 Å². The van der Waals surface area contributed by atoms with Crippen molar-refractivity contribution in [3.63, 3.8) is 0 Å². The first-order chi connectivity index (χ1) is 22.8. The first-order valence-corrected chi connectivity index (χ1v) is 19.2.